The smallest absolute Gasteiger partial charge is 0.0751 e. The summed E-state index contributed by atoms with van der Waals surface area (Å²) < 4.78 is 5.59. The Morgan fingerprint density at radius 1 is 1.55 bits per heavy atom. The Morgan fingerprint density at radius 2 is 2.18 bits per heavy atom. The Hall–Kier alpha value is 0.730. The topological polar surface area (TPSA) is 9.23 Å². The molecule has 0 aromatic carbocycles. The fraction of sp³-hybridized carbons (Fsp3) is 1.00. The predicted molar refractivity (Wildman–Crippen MR) is 53.8 cm³/mol. The molecular weight excluding hydrogens is 227 g/mol. The van der Waals surface area contributed by atoms with Crippen molar-refractivity contribution in [1.82, 2.24) is 0 Å². The molecule has 3 heteroatoms. The van der Waals surface area contributed by atoms with Crippen LogP contribution in [0.1, 0.15) is 26.7 Å². The van der Waals surface area contributed by atoms with Gasteiger partial charge < -0.3 is 4.74 Å². The summed E-state index contributed by atoms with van der Waals surface area (Å²) in [6.45, 7) is 4.91. The van der Waals surface area contributed by atoms with Crippen molar-refractivity contribution in [2.24, 2.45) is 0 Å². The first-order valence-corrected chi connectivity index (χ1v) is 5.60. The van der Waals surface area contributed by atoms with Gasteiger partial charge in [0.1, 0.15) is 0 Å². The molecule has 0 rings (SSSR count). The first-order valence-electron chi connectivity index (χ1n) is 3.94. The Balaban J connectivity index is 3.68. The highest BCUT2D eigenvalue weighted by Gasteiger charge is 2.21. The van der Waals surface area contributed by atoms with Crippen LogP contribution in [0.15, 0.2) is 0 Å². The molecule has 11 heavy (non-hydrogen) atoms. The molecule has 0 aliphatic heterocycles. The molecule has 0 aliphatic rings. The van der Waals surface area contributed by atoms with Crippen LogP contribution in [0.25, 0.3) is 0 Å². The molecule has 0 bridgehead atoms. The monoisotopic (exact) mass is 242 g/mol. The number of halogens is 2. The lowest BCUT2D eigenvalue weighted by molar-refractivity contribution is -0.0105. The van der Waals surface area contributed by atoms with Gasteiger partial charge in [-0.05, 0) is 13.3 Å². The Morgan fingerprint density at radius 3 is 2.55 bits per heavy atom. The second-order valence-electron chi connectivity index (χ2n) is 2.87. The van der Waals surface area contributed by atoms with Crippen LogP contribution < -0.4 is 0 Å². The lowest BCUT2D eigenvalue weighted by atomic mass is 10.0. The molecule has 0 aromatic heterocycles. The Kier molecular flexibility index (Phi) is 6.68. The van der Waals surface area contributed by atoms with Crippen LogP contribution >= 0.6 is 27.5 Å². The third-order valence-corrected chi connectivity index (χ3v) is 2.93. The van der Waals surface area contributed by atoms with Gasteiger partial charge in [-0.15, -0.1) is 11.6 Å². The minimum absolute atomic E-state index is 0.0242. The molecule has 0 spiro atoms. The van der Waals surface area contributed by atoms with Gasteiger partial charge in [0.05, 0.1) is 12.2 Å². The normalized spacial score (nSPS) is 16.4. The number of hydrogen-bond donors (Lipinski definition) is 0. The first kappa shape index (κ1) is 11.7. The molecule has 0 N–H and O–H groups in total. The minimum Gasteiger partial charge on any atom is -0.373 e. The lowest BCUT2D eigenvalue weighted by Crippen LogP contribution is -2.31. The van der Waals surface area contributed by atoms with Crippen molar-refractivity contribution in [3.63, 3.8) is 0 Å². The van der Waals surface area contributed by atoms with E-state index >= 15 is 0 Å². The van der Waals surface area contributed by atoms with Crippen LogP contribution in [0, 0.1) is 0 Å². The zero-order valence-corrected chi connectivity index (χ0v) is 9.54. The number of hydrogen-bond acceptors (Lipinski definition) is 1. The van der Waals surface area contributed by atoms with Gasteiger partial charge in [-0.2, -0.15) is 0 Å². The molecule has 0 radical (unpaired) electrons. The van der Waals surface area contributed by atoms with E-state index in [4.69, 9.17) is 16.3 Å². The third kappa shape index (κ3) is 5.05. The maximum absolute atomic E-state index is 5.59. The molecule has 0 saturated carbocycles. The van der Waals surface area contributed by atoms with Gasteiger partial charge in [-0.25, -0.2) is 0 Å². The summed E-state index contributed by atoms with van der Waals surface area (Å²) in [6, 6.07) is 0. The van der Waals surface area contributed by atoms with E-state index in [2.05, 4.69) is 29.8 Å². The molecule has 1 atom stereocenters. The van der Waals surface area contributed by atoms with Crippen LogP contribution in [-0.2, 0) is 4.74 Å². The van der Waals surface area contributed by atoms with E-state index in [-0.39, 0.29) is 5.60 Å². The summed E-state index contributed by atoms with van der Waals surface area (Å²) in [7, 11) is 0. The lowest BCUT2D eigenvalue weighted by Gasteiger charge is -2.26. The summed E-state index contributed by atoms with van der Waals surface area (Å²) in [5, 5.41) is 0.880. The van der Waals surface area contributed by atoms with Gasteiger partial charge in [-0.1, -0.05) is 29.3 Å². The molecule has 0 saturated heterocycles. The van der Waals surface area contributed by atoms with Crippen LogP contribution in [0.3, 0.4) is 0 Å². The number of alkyl halides is 2. The van der Waals surface area contributed by atoms with Crippen LogP contribution in [0.5, 0.6) is 0 Å². The quantitative estimate of drug-likeness (QED) is 0.651. The average molecular weight is 244 g/mol. The van der Waals surface area contributed by atoms with Crippen LogP contribution in [-0.4, -0.2) is 23.4 Å². The summed E-state index contributed by atoms with van der Waals surface area (Å²) in [4.78, 5) is 0. The van der Waals surface area contributed by atoms with Gasteiger partial charge in [0.25, 0.3) is 0 Å². The largest absolute Gasteiger partial charge is 0.373 e. The molecule has 1 nitrogen and oxygen atoms in total. The highest BCUT2D eigenvalue weighted by atomic mass is 79.9. The summed E-state index contributed by atoms with van der Waals surface area (Å²) in [5.74, 6) is 0.576. The minimum atomic E-state index is -0.0242. The van der Waals surface area contributed by atoms with Crippen molar-refractivity contribution < 1.29 is 4.74 Å². The maximum Gasteiger partial charge on any atom is 0.0751 e. The fourth-order valence-electron chi connectivity index (χ4n) is 0.991. The van der Waals surface area contributed by atoms with E-state index in [1.165, 1.54) is 0 Å². The maximum atomic E-state index is 5.59. The molecule has 0 aromatic rings. The highest BCUT2D eigenvalue weighted by molar-refractivity contribution is 9.09. The third-order valence-electron chi connectivity index (χ3n) is 1.59. The first-order chi connectivity index (χ1) is 5.18. The van der Waals surface area contributed by atoms with Gasteiger partial charge in [0, 0.05) is 11.2 Å². The predicted octanol–water partition coefficient (Wildman–Crippen LogP) is 3.20. The standard InChI is InChI=1S/C8H16BrClO/c1-3-4-8(2,7-9)11-6-5-10/h3-7H2,1-2H3. The SMILES string of the molecule is CCCC(C)(CBr)OCCCl. The van der Waals surface area contributed by atoms with Gasteiger partial charge in [-0.3, -0.25) is 0 Å². The van der Waals surface area contributed by atoms with Crippen molar-refractivity contribution in [2.75, 3.05) is 17.8 Å². The molecular formula is C8H16BrClO. The zero-order valence-electron chi connectivity index (χ0n) is 7.20. The van der Waals surface area contributed by atoms with Crippen molar-refractivity contribution in [3.05, 3.63) is 0 Å². The molecule has 0 heterocycles. The highest BCUT2D eigenvalue weighted by Crippen LogP contribution is 2.19. The van der Waals surface area contributed by atoms with E-state index in [0.717, 1.165) is 18.2 Å². The second-order valence-corrected chi connectivity index (χ2v) is 3.81. The Labute approximate surface area is 82.6 Å². The van der Waals surface area contributed by atoms with E-state index in [9.17, 15) is 0 Å². The van der Waals surface area contributed by atoms with Gasteiger partial charge in [0.15, 0.2) is 0 Å². The van der Waals surface area contributed by atoms with Crippen molar-refractivity contribution in [3.8, 4) is 0 Å². The van der Waals surface area contributed by atoms with Crippen molar-refractivity contribution >= 4 is 27.5 Å². The van der Waals surface area contributed by atoms with Crippen molar-refractivity contribution in [2.45, 2.75) is 32.3 Å². The Bertz CT molecular complexity index is 100. The van der Waals surface area contributed by atoms with E-state index in [1.54, 1.807) is 0 Å². The van der Waals surface area contributed by atoms with E-state index in [1.807, 2.05) is 0 Å². The summed E-state index contributed by atoms with van der Waals surface area (Å²) in [5.41, 5.74) is -0.0242. The molecule has 0 fully saturated rings. The van der Waals surface area contributed by atoms with Crippen LogP contribution in [0.4, 0.5) is 0 Å². The summed E-state index contributed by atoms with van der Waals surface area (Å²) in [6.07, 6.45) is 2.22. The van der Waals surface area contributed by atoms with Gasteiger partial charge in [0.2, 0.25) is 0 Å². The second kappa shape index (κ2) is 6.27. The van der Waals surface area contributed by atoms with Crippen molar-refractivity contribution in [1.29, 1.82) is 0 Å². The molecule has 0 amide bonds. The molecule has 68 valence electrons. The molecule has 0 aliphatic carbocycles. The van der Waals surface area contributed by atoms with Crippen LogP contribution in [0.2, 0.25) is 0 Å². The van der Waals surface area contributed by atoms with E-state index in [0.29, 0.717) is 12.5 Å². The number of rotatable bonds is 6. The van der Waals surface area contributed by atoms with E-state index < -0.39 is 0 Å². The zero-order chi connectivity index (χ0) is 8.74. The number of ether oxygens (including phenoxy) is 1. The average Bonchev–Trinajstić information content (AvgIpc) is 2.02. The summed E-state index contributed by atoms with van der Waals surface area (Å²) >= 11 is 8.96. The van der Waals surface area contributed by atoms with Gasteiger partial charge >= 0.3 is 0 Å². The molecule has 1 unspecified atom stereocenters. The fourth-order valence-corrected chi connectivity index (χ4v) is 1.51.